The number of nitrogens with zero attached hydrogens (tertiary/aromatic N) is 1. The third-order valence-corrected chi connectivity index (χ3v) is 3.38. The van der Waals surface area contributed by atoms with Crippen molar-refractivity contribution in [1.82, 2.24) is 9.55 Å². The summed E-state index contributed by atoms with van der Waals surface area (Å²) in [5.74, 6) is -1.14. The Bertz CT molecular complexity index is 619. The normalized spacial score (nSPS) is 25.6. The molecule has 0 aliphatic carbocycles. The van der Waals surface area contributed by atoms with Crippen LogP contribution in [-0.2, 0) is 14.3 Å². The SMILES string of the molecule is COC(=O)C1C[C@H](n2cc(C)c(=O)[nH]c2=O)O[C@@H]1CO. The van der Waals surface area contributed by atoms with E-state index in [0.717, 1.165) is 0 Å². The van der Waals surface area contributed by atoms with Crippen LogP contribution in [0.25, 0.3) is 0 Å². The number of esters is 1. The summed E-state index contributed by atoms with van der Waals surface area (Å²) in [5.41, 5.74) is -0.726. The van der Waals surface area contributed by atoms with Gasteiger partial charge < -0.3 is 14.6 Å². The Kier molecular flexibility index (Phi) is 4.05. The van der Waals surface area contributed by atoms with Crippen LogP contribution in [0.2, 0.25) is 0 Å². The van der Waals surface area contributed by atoms with E-state index in [1.807, 2.05) is 0 Å². The minimum atomic E-state index is -0.730. The second kappa shape index (κ2) is 5.59. The third kappa shape index (κ3) is 2.52. The summed E-state index contributed by atoms with van der Waals surface area (Å²) in [6, 6.07) is 0. The molecular weight excluding hydrogens is 268 g/mol. The zero-order chi connectivity index (χ0) is 14.9. The molecule has 0 bridgehead atoms. The number of aromatic amines is 1. The van der Waals surface area contributed by atoms with Crippen molar-refractivity contribution < 1.29 is 19.4 Å². The van der Waals surface area contributed by atoms with Crippen molar-refractivity contribution >= 4 is 5.97 Å². The van der Waals surface area contributed by atoms with E-state index in [0.29, 0.717) is 5.56 Å². The van der Waals surface area contributed by atoms with E-state index in [9.17, 15) is 19.5 Å². The van der Waals surface area contributed by atoms with E-state index < -0.39 is 35.5 Å². The number of ether oxygens (including phenoxy) is 2. The number of methoxy groups -OCH3 is 1. The maximum absolute atomic E-state index is 11.8. The second-order valence-corrected chi connectivity index (χ2v) is 4.66. The van der Waals surface area contributed by atoms with Gasteiger partial charge in [-0.3, -0.25) is 19.1 Å². The van der Waals surface area contributed by atoms with Gasteiger partial charge in [0.1, 0.15) is 6.23 Å². The molecule has 3 atom stereocenters. The lowest BCUT2D eigenvalue weighted by atomic mass is 10.0. The Morgan fingerprint density at radius 2 is 2.30 bits per heavy atom. The number of aromatic nitrogens is 2. The Balaban J connectivity index is 2.32. The number of carbonyl (C=O) groups is 1. The first-order chi connectivity index (χ1) is 9.47. The summed E-state index contributed by atoms with van der Waals surface area (Å²) >= 11 is 0. The first-order valence-corrected chi connectivity index (χ1v) is 6.14. The zero-order valence-corrected chi connectivity index (χ0v) is 11.2. The number of aryl methyl sites for hydroxylation is 1. The van der Waals surface area contributed by atoms with Crippen LogP contribution in [0.5, 0.6) is 0 Å². The molecule has 1 aromatic heterocycles. The van der Waals surface area contributed by atoms with Crippen molar-refractivity contribution in [2.45, 2.75) is 25.7 Å². The molecule has 2 rings (SSSR count). The number of rotatable bonds is 3. The molecule has 110 valence electrons. The van der Waals surface area contributed by atoms with Crippen molar-refractivity contribution in [3.8, 4) is 0 Å². The van der Waals surface area contributed by atoms with Gasteiger partial charge in [-0.05, 0) is 6.92 Å². The Hall–Kier alpha value is -1.93. The number of hydrogen-bond donors (Lipinski definition) is 2. The fourth-order valence-electron chi connectivity index (χ4n) is 2.27. The number of hydrogen-bond acceptors (Lipinski definition) is 6. The smallest absolute Gasteiger partial charge is 0.330 e. The molecule has 0 amide bonds. The fraction of sp³-hybridized carbons (Fsp3) is 0.583. The maximum Gasteiger partial charge on any atom is 0.330 e. The van der Waals surface area contributed by atoms with Crippen molar-refractivity contribution in [3.05, 3.63) is 32.6 Å². The highest BCUT2D eigenvalue weighted by atomic mass is 16.5. The highest BCUT2D eigenvalue weighted by Crippen LogP contribution is 2.33. The van der Waals surface area contributed by atoms with Crippen LogP contribution in [0.3, 0.4) is 0 Å². The molecule has 1 saturated heterocycles. The maximum atomic E-state index is 11.8. The lowest BCUT2D eigenvalue weighted by Gasteiger charge is -2.15. The lowest BCUT2D eigenvalue weighted by molar-refractivity contribution is -0.148. The minimum Gasteiger partial charge on any atom is -0.469 e. The largest absolute Gasteiger partial charge is 0.469 e. The number of H-pyrrole nitrogens is 1. The summed E-state index contributed by atoms with van der Waals surface area (Å²) in [6.07, 6.45) is 0.120. The van der Waals surface area contributed by atoms with E-state index >= 15 is 0 Å². The van der Waals surface area contributed by atoms with Crippen molar-refractivity contribution in [1.29, 1.82) is 0 Å². The van der Waals surface area contributed by atoms with Gasteiger partial charge in [0.25, 0.3) is 5.56 Å². The van der Waals surface area contributed by atoms with Gasteiger partial charge in [0.2, 0.25) is 0 Å². The van der Waals surface area contributed by atoms with E-state index in [-0.39, 0.29) is 13.0 Å². The summed E-state index contributed by atoms with van der Waals surface area (Å²) < 4.78 is 11.4. The molecule has 0 aromatic carbocycles. The summed E-state index contributed by atoms with van der Waals surface area (Å²) in [5, 5.41) is 9.24. The second-order valence-electron chi connectivity index (χ2n) is 4.66. The predicted octanol–water partition coefficient (Wildman–Crippen LogP) is -1.09. The topological polar surface area (TPSA) is 111 Å². The predicted molar refractivity (Wildman–Crippen MR) is 67.2 cm³/mol. The Morgan fingerprint density at radius 1 is 1.60 bits per heavy atom. The third-order valence-electron chi connectivity index (χ3n) is 3.38. The van der Waals surface area contributed by atoms with Crippen molar-refractivity contribution in [2.24, 2.45) is 5.92 Å². The average molecular weight is 284 g/mol. The van der Waals surface area contributed by atoms with E-state index in [1.54, 1.807) is 6.92 Å². The summed E-state index contributed by atoms with van der Waals surface area (Å²) in [7, 11) is 1.25. The van der Waals surface area contributed by atoms with Gasteiger partial charge in [0.05, 0.1) is 25.7 Å². The van der Waals surface area contributed by atoms with Crippen molar-refractivity contribution in [3.63, 3.8) is 0 Å². The quantitative estimate of drug-likeness (QED) is 0.683. The molecule has 1 unspecified atom stereocenters. The molecule has 20 heavy (non-hydrogen) atoms. The molecule has 1 aliphatic heterocycles. The van der Waals surface area contributed by atoms with Gasteiger partial charge >= 0.3 is 11.7 Å². The number of aliphatic hydroxyl groups excluding tert-OH is 1. The van der Waals surface area contributed by atoms with Crippen molar-refractivity contribution in [2.75, 3.05) is 13.7 Å². The van der Waals surface area contributed by atoms with Crippen LogP contribution < -0.4 is 11.2 Å². The van der Waals surface area contributed by atoms with Gasteiger partial charge in [-0.1, -0.05) is 0 Å². The monoisotopic (exact) mass is 284 g/mol. The first-order valence-electron chi connectivity index (χ1n) is 6.14. The highest BCUT2D eigenvalue weighted by Gasteiger charge is 2.41. The van der Waals surface area contributed by atoms with Gasteiger partial charge in [-0.25, -0.2) is 4.79 Å². The van der Waals surface area contributed by atoms with Gasteiger partial charge in [0.15, 0.2) is 0 Å². The molecular formula is C12H16N2O6. The van der Waals surface area contributed by atoms with Crippen LogP contribution in [0.1, 0.15) is 18.2 Å². The number of nitrogens with one attached hydrogen (secondary N) is 1. The van der Waals surface area contributed by atoms with Gasteiger partial charge in [0, 0.05) is 18.2 Å². The summed E-state index contributed by atoms with van der Waals surface area (Å²) in [4.78, 5) is 36.9. The van der Waals surface area contributed by atoms with E-state index in [4.69, 9.17) is 4.74 Å². The van der Waals surface area contributed by atoms with Crippen LogP contribution >= 0.6 is 0 Å². The van der Waals surface area contributed by atoms with Crippen LogP contribution in [0, 0.1) is 12.8 Å². The molecule has 1 aliphatic rings. The average Bonchev–Trinajstić information content (AvgIpc) is 2.85. The molecule has 1 aromatic rings. The molecule has 0 saturated carbocycles. The first kappa shape index (κ1) is 14.5. The zero-order valence-electron chi connectivity index (χ0n) is 11.2. The van der Waals surface area contributed by atoms with E-state index in [1.165, 1.54) is 17.9 Å². The number of aliphatic hydroxyl groups is 1. The fourth-order valence-corrected chi connectivity index (χ4v) is 2.27. The van der Waals surface area contributed by atoms with Crippen LogP contribution in [0.15, 0.2) is 15.8 Å². The van der Waals surface area contributed by atoms with Crippen LogP contribution in [0.4, 0.5) is 0 Å². The number of carbonyl (C=O) groups excluding carboxylic acids is 1. The van der Waals surface area contributed by atoms with E-state index in [2.05, 4.69) is 9.72 Å². The molecule has 8 nitrogen and oxygen atoms in total. The minimum absolute atomic E-state index is 0.198. The van der Waals surface area contributed by atoms with Crippen LogP contribution in [-0.4, -0.2) is 40.4 Å². The van der Waals surface area contributed by atoms with Gasteiger partial charge in [-0.15, -0.1) is 0 Å². The standard InChI is InChI=1S/C12H16N2O6/c1-6-4-14(12(18)13-10(6)16)9-3-7(11(17)19-2)8(5-15)20-9/h4,7-9,15H,3,5H2,1-2H3,(H,13,16,18)/t7?,8-,9-/m1/s1. The molecule has 0 radical (unpaired) electrons. The Morgan fingerprint density at radius 3 is 2.90 bits per heavy atom. The molecule has 1 fully saturated rings. The molecule has 8 heteroatoms. The lowest BCUT2D eigenvalue weighted by Crippen LogP contribution is -2.33. The molecule has 2 N–H and O–H groups in total. The highest BCUT2D eigenvalue weighted by molar-refractivity contribution is 5.73. The molecule has 0 spiro atoms. The summed E-state index contributed by atoms with van der Waals surface area (Å²) in [6.45, 7) is 1.21. The molecule has 2 heterocycles. The Labute approximate surface area is 114 Å². The van der Waals surface area contributed by atoms with Gasteiger partial charge in [-0.2, -0.15) is 0 Å².